The molecule has 0 unspecified atom stereocenters. The number of nitro groups is 1. The Morgan fingerprint density at radius 1 is 0.906 bits per heavy atom. The molecule has 0 bridgehead atoms. The monoisotopic (exact) mass is 441 g/mol. The third-order valence-corrected chi connectivity index (χ3v) is 4.82. The number of esters is 2. The molecule has 0 spiro atoms. The minimum Gasteiger partial charge on any atom is -0.465 e. The minimum absolute atomic E-state index is 0.102. The summed E-state index contributed by atoms with van der Waals surface area (Å²) >= 11 is 0. The molecule has 8 heteroatoms. The molecule has 0 saturated heterocycles. The lowest BCUT2D eigenvalue weighted by Crippen LogP contribution is -2.35. The maximum Gasteiger partial charge on any atom is 0.320 e. The average molecular weight is 441 g/mol. The molecule has 32 heavy (non-hydrogen) atoms. The van der Waals surface area contributed by atoms with Crippen molar-refractivity contribution in [3.63, 3.8) is 0 Å². The SMILES string of the molecule is CCCOC(=O)C(C(=O)OCCC)[C@H](CC(=O)c1ccccc1)c1cccc([N+](=O)[O-])c1. The van der Waals surface area contributed by atoms with Crippen LogP contribution in [0.2, 0.25) is 0 Å². The number of rotatable bonds is 12. The fraction of sp³-hybridized carbons (Fsp3) is 0.375. The fourth-order valence-corrected chi connectivity index (χ4v) is 3.25. The summed E-state index contributed by atoms with van der Waals surface area (Å²) < 4.78 is 10.5. The number of ketones is 1. The van der Waals surface area contributed by atoms with Gasteiger partial charge in [0.15, 0.2) is 11.7 Å². The third-order valence-electron chi connectivity index (χ3n) is 4.82. The van der Waals surface area contributed by atoms with Crippen molar-refractivity contribution in [2.24, 2.45) is 5.92 Å². The predicted octanol–water partition coefficient (Wildman–Crippen LogP) is 4.47. The van der Waals surface area contributed by atoms with Gasteiger partial charge in [-0.1, -0.05) is 56.3 Å². The first kappa shape index (κ1) is 24.7. The topological polar surface area (TPSA) is 113 Å². The Morgan fingerprint density at radius 3 is 2.03 bits per heavy atom. The molecule has 170 valence electrons. The molecule has 0 aliphatic rings. The molecule has 8 nitrogen and oxygen atoms in total. The number of Topliss-reactive ketones (excluding diaryl/α,β-unsaturated/α-hetero) is 1. The van der Waals surface area contributed by atoms with E-state index in [9.17, 15) is 24.5 Å². The van der Waals surface area contributed by atoms with Crippen LogP contribution in [0.1, 0.15) is 54.9 Å². The first-order valence-corrected chi connectivity index (χ1v) is 10.5. The third kappa shape index (κ3) is 6.73. The quantitative estimate of drug-likeness (QED) is 0.157. The average Bonchev–Trinajstić information content (AvgIpc) is 2.81. The molecule has 2 rings (SSSR count). The highest BCUT2D eigenvalue weighted by Gasteiger charge is 2.40. The maximum atomic E-state index is 13.0. The number of hydrogen-bond donors (Lipinski definition) is 0. The van der Waals surface area contributed by atoms with Crippen LogP contribution in [-0.2, 0) is 19.1 Å². The van der Waals surface area contributed by atoms with E-state index in [1.54, 1.807) is 36.4 Å². The van der Waals surface area contributed by atoms with Gasteiger partial charge in [0, 0.05) is 30.0 Å². The van der Waals surface area contributed by atoms with Crippen molar-refractivity contribution < 1.29 is 28.8 Å². The van der Waals surface area contributed by atoms with E-state index in [4.69, 9.17) is 9.47 Å². The molecule has 0 heterocycles. The number of ether oxygens (including phenoxy) is 2. The number of non-ortho nitro benzene ring substituents is 1. The molecular weight excluding hydrogens is 414 g/mol. The first-order chi connectivity index (χ1) is 15.4. The molecule has 0 fully saturated rings. The van der Waals surface area contributed by atoms with Gasteiger partial charge in [-0.15, -0.1) is 0 Å². The van der Waals surface area contributed by atoms with E-state index in [0.29, 0.717) is 24.0 Å². The van der Waals surface area contributed by atoms with Crippen molar-refractivity contribution in [3.05, 3.63) is 75.8 Å². The summed E-state index contributed by atoms with van der Waals surface area (Å²) in [5.41, 5.74) is 0.517. The normalized spacial score (nSPS) is 11.6. The second-order valence-electron chi connectivity index (χ2n) is 7.26. The Hall–Kier alpha value is -3.55. The lowest BCUT2D eigenvalue weighted by Gasteiger charge is -2.24. The lowest BCUT2D eigenvalue weighted by atomic mass is 9.81. The van der Waals surface area contributed by atoms with Crippen molar-refractivity contribution in [1.82, 2.24) is 0 Å². The largest absolute Gasteiger partial charge is 0.465 e. The van der Waals surface area contributed by atoms with Crippen molar-refractivity contribution >= 4 is 23.4 Å². The number of carbonyl (C=O) groups is 3. The van der Waals surface area contributed by atoms with Crippen molar-refractivity contribution in [2.45, 2.75) is 39.0 Å². The summed E-state index contributed by atoms with van der Waals surface area (Å²) in [6.07, 6.45) is 0.873. The van der Waals surface area contributed by atoms with E-state index in [1.807, 2.05) is 13.8 Å². The summed E-state index contributed by atoms with van der Waals surface area (Å²) in [6.45, 7) is 3.83. The zero-order chi connectivity index (χ0) is 23.5. The molecule has 0 amide bonds. The van der Waals surface area contributed by atoms with Crippen LogP contribution in [0, 0.1) is 16.0 Å². The number of hydrogen-bond acceptors (Lipinski definition) is 7. The lowest BCUT2D eigenvalue weighted by molar-refractivity contribution is -0.384. The number of nitro benzene ring substituents is 1. The van der Waals surface area contributed by atoms with Crippen LogP contribution in [0.15, 0.2) is 54.6 Å². The first-order valence-electron chi connectivity index (χ1n) is 10.5. The van der Waals surface area contributed by atoms with E-state index >= 15 is 0 Å². The van der Waals surface area contributed by atoms with Crippen LogP contribution >= 0.6 is 0 Å². The van der Waals surface area contributed by atoms with E-state index in [-0.39, 0.29) is 31.1 Å². The molecule has 2 aromatic carbocycles. The second kappa shape index (κ2) is 12.3. The molecule has 0 aliphatic heterocycles. The van der Waals surface area contributed by atoms with E-state index in [0.717, 1.165) is 0 Å². The zero-order valence-electron chi connectivity index (χ0n) is 18.2. The Morgan fingerprint density at radius 2 is 1.50 bits per heavy atom. The Labute approximate surface area is 186 Å². The molecule has 0 saturated carbocycles. The van der Waals surface area contributed by atoms with Gasteiger partial charge in [0.2, 0.25) is 0 Å². The van der Waals surface area contributed by atoms with Crippen LogP contribution in [0.5, 0.6) is 0 Å². The highest BCUT2D eigenvalue weighted by Crippen LogP contribution is 2.34. The zero-order valence-corrected chi connectivity index (χ0v) is 18.2. The van der Waals surface area contributed by atoms with Crippen LogP contribution in [0.3, 0.4) is 0 Å². The van der Waals surface area contributed by atoms with E-state index in [2.05, 4.69) is 0 Å². The van der Waals surface area contributed by atoms with Gasteiger partial charge in [0.05, 0.1) is 18.1 Å². The summed E-state index contributed by atoms with van der Waals surface area (Å²) in [7, 11) is 0. The van der Waals surface area contributed by atoms with E-state index in [1.165, 1.54) is 18.2 Å². The summed E-state index contributed by atoms with van der Waals surface area (Å²) in [5.74, 6) is -4.35. The van der Waals surface area contributed by atoms with Gasteiger partial charge in [-0.25, -0.2) is 0 Å². The van der Waals surface area contributed by atoms with Crippen molar-refractivity contribution in [3.8, 4) is 0 Å². The maximum absolute atomic E-state index is 13.0. The molecular formula is C24H27NO7. The van der Waals surface area contributed by atoms with Crippen LogP contribution in [0.25, 0.3) is 0 Å². The highest BCUT2D eigenvalue weighted by atomic mass is 16.6. The van der Waals surface area contributed by atoms with Gasteiger partial charge < -0.3 is 9.47 Å². The Balaban J connectivity index is 2.51. The minimum atomic E-state index is -1.43. The Bertz CT molecular complexity index is 922. The van der Waals surface area contributed by atoms with Crippen molar-refractivity contribution in [1.29, 1.82) is 0 Å². The smallest absolute Gasteiger partial charge is 0.320 e. The number of carbonyl (C=O) groups excluding carboxylic acids is 3. The van der Waals surface area contributed by atoms with Crippen LogP contribution in [0.4, 0.5) is 5.69 Å². The van der Waals surface area contributed by atoms with Crippen LogP contribution < -0.4 is 0 Å². The predicted molar refractivity (Wildman–Crippen MR) is 117 cm³/mol. The van der Waals surface area contributed by atoms with E-state index < -0.39 is 28.7 Å². The highest BCUT2D eigenvalue weighted by molar-refractivity contribution is 6.00. The fourth-order valence-electron chi connectivity index (χ4n) is 3.25. The van der Waals surface area contributed by atoms with Crippen molar-refractivity contribution in [2.75, 3.05) is 13.2 Å². The molecule has 0 N–H and O–H groups in total. The molecule has 1 atom stereocenters. The Kier molecular flexibility index (Phi) is 9.53. The number of benzene rings is 2. The summed E-state index contributed by atoms with van der Waals surface area (Å²) in [6, 6.07) is 14.0. The molecule has 0 radical (unpaired) electrons. The van der Waals surface area contributed by atoms with Gasteiger partial charge >= 0.3 is 11.9 Å². The second-order valence-corrected chi connectivity index (χ2v) is 7.26. The van der Waals surface area contributed by atoms with Gasteiger partial charge in [-0.3, -0.25) is 24.5 Å². The van der Waals surface area contributed by atoms with Crippen LogP contribution in [-0.4, -0.2) is 35.9 Å². The molecule has 0 aliphatic carbocycles. The summed E-state index contributed by atoms with van der Waals surface area (Å²) in [4.78, 5) is 49.5. The molecule has 0 aromatic heterocycles. The van der Waals surface area contributed by atoms with Gasteiger partial charge in [-0.05, 0) is 18.4 Å². The van der Waals surface area contributed by atoms with Gasteiger partial charge in [0.1, 0.15) is 0 Å². The standard InChI is InChI=1S/C24H27NO7/c1-3-13-31-23(27)22(24(28)32-14-4-2)20(16-21(26)17-9-6-5-7-10-17)18-11-8-12-19(15-18)25(29)30/h5-12,15,20,22H,3-4,13-14,16H2,1-2H3/t20-/m1/s1. The number of nitrogens with zero attached hydrogens (tertiary/aromatic N) is 1. The van der Waals surface area contributed by atoms with Gasteiger partial charge in [0.25, 0.3) is 5.69 Å². The summed E-state index contributed by atoms with van der Waals surface area (Å²) in [5, 5.41) is 11.3. The van der Waals surface area contributed by atoms with Gasteiger partial charge in [-0.2, -0.15) is 0 Å². The molecule has 2 aromatic rings.